The monoisotopic (exact) mass is 192 g/mol. The molecule has 0 bridgehead atoms. The highest BCUT2D eigenvalue weighted by atomic mass is 19.1. The lowest BCUT2D eigenvalue weighted by Gasteiger charge is -2.04. The zero-order valence-electron chi connectivity index (χ0n) is 8.47. The molecule has 13 heavy (non-hydrogen) atoms. The number of ether oxygens (including phenoxy) is 1. The van der Waals surface area contributed by atoms with Crippen molar-refractivity contribution in [1.82, 2.24) is 0 Å². The zero-order valence-corrected chi connectivity index (χ0v) is 8.47. The fourth-order valence-corrected chi connectivity index (χ4v) is 1.01. The van der Waals surface area contributed by atoms with Gasteiger partial charge in [-0.1, -0.05) is 13.3 Å². The quantitative estimate of drug-likeness (QED) is 0.568. The molecule has 0 saturated carbocycles. The second-order valence-electron chi connectivity index (χ2n) is 3.24. The van der Waals surface area contributed by atoms with Crippen molar-refractivity contribution >= 4 is 0 Å². The van der Waals surface area contributed by atoms with E-state index in [1.807, 2.05) is 0 Å². The Labute approximate surface area is 80.1 Å². The Kier molecular flexibility index (Phi) is 9.82. The molecule has 0 rings (SSSR count). The third-order valence-electron chi connectivity index (χ3n) is 1.90. The van der Waals surface area contributed by atoms with Gasteiger partial charge in [0, 0.05) is 13.2 Å². The van der Waals surface area contributed by atoms with Crippen LogP contribution < -0.4 is 0 Å². The van der Waals surface area contributed by atoms with Crippen LogP contribution in [-0.2, 0) is 4.74 Å². The van der Waals surface area contributed by atoms with E-state index in [9.17, 15) is 4.39 Å². The van der Waals surface area contributed by atoms with Gasteiger partial charge in [-0.25, -0.2) is 4.39 Å². The van der Waals surface area contributed by atoms with Gasteiger partial charge in [-0.3, -0.25) is 0 Å². The third-order valence-corrected chi connectivity index (χ3v) is 1.90. The van der Waals surface area contributed by atoms with Crippen molar-refractivity contribution in [2.75, 3.05) is 19.8 Å². The molecule has 0 heterocycles. The molecule has 0 saturated heterocycles. The van der Waals surface area contributed by atoms with E-state index in [2.05, 4.69) is 6.92 Å². The first-order valence-corrected chi connectivity index (χ1v) is 5.14. The van der Waals surface area contributed by atoms with Gasteiger partial charge in [0.2, 0.25) is 0 Å². The lowest BCUT2D eigenvalue weighted by Crippen LogP contribution is -2.06. The maximum atomic E-state index is 12.5. The maximum Gasteiger partial charge on any atom is 0.123 e. The number of aliphatic hydroxyl groups is 1. The van der Waals surface area contributed by atoms with E-state index < -0.39 is 6.17 Å². The first-order chi connectivity index (χ1) is 6.31. The van der Waals surface area contributed by atoms with Crippen LogP contribution in [0.3, 0.4) is 0 Å². The summed E-state index contributed by atoms with van der Waals surface area (Å²) >= 11 is 0. The van der Waals surface area contributed by atoms with Gasteiger partial charge in [0.05, 0.1) is 6.61 Å². The van der Waals surface area contributed by atoms with Gasteiger partial charge >= 0.3 is 0 Å². The molecule has 0 radical (unpaired) electrons. The summed E-state index contributed by atoms with van der Waals surface area (Å²) in [6.07, 6.45) is 3.35. The average molecular weight is 192 g/mol. The molecule has 0 aliphatic heterocycles. The van der Waals surface area contributed by atoms with Crippen molar-refractivity contribution in [2.45, 2.75) is 45.2 Å². The number of alkyl halides is 1. The second-order valence-corrected chi connectivity index (χ2v) is 3.24. The van der Waals surface area contributed by atoms with Gasteiger partial charge in [-0.15, -0.1) is 0 Å². The lowest BCUT2D eigenvalue weighted by molar-refractivity contribution is 0.121. The standard InChI is InChI=1S/C10H21FO2/c1-2-3-7-13-8-5-4-6-10(11)9-12/h10,12H,2-9H2,1H3. The van der Waals surface area contributed by atoms with Crippen molar-refractivity contribution in [1.29, 1.82) is 0 Å². The van der Waals surface area contributed by atoms with Gasteiger partial charge in [0.25, 0.3) is 0 Å². The van der Waals surface area contributed by atoms with Crippen molar-refractivity contribution in [3.05, 3.63) is 0 Å². The van der Waals surface area contributed by atoms with E-state index in [1.165, 1.54) is 0 Å². The van der Waals surface area contributed by atoms with Crippen LogP contribution >= 0.6 is 0 Å². The van der Waals surface area contributed by atoms with Crippen LogP contribution in [0.25, 0.3) is 0 Å². The molecule has 2 nitrogen and oxygen atoms in total. The Morgan fingerprint density at radius 3 is 2.54 bits per heavy atom. The maximum absolute atomic E-state index is 12.5. The highest BCUT2D eigenvalue weighted by Crippen LogP contribution is 2.04. The average Bonchev–Trinajstić information content (AvgIpc) is 2.16. The van der Waals surface area contributed by atoms with Gasteiger partial charge in [-0.2, -0.15) is 0 Å². The Bertz CT molecular complexity index is 98.9. The van der Waals surface area contributed by atoms with Crippen LogP contribution in [-0.4, -0.2) is 31.1 Å². The fraction of sp³-hybridized carbons (Fsp3) is 1.00. The molecule has 0 aromatic carbocycles. The Balaban J connectivity index is 2.91. The number of hydrogen-bond acceptors (Lipinski definition) is 2. The first kappa shape index (κ1) is 12.8. The molecule has 3 heteroatoms. The summed E-state index contributed by atoms with van der Waals surface area (Å²) < 4.78 is 17.8. The predicted octanol–water partition coefficient (Wildman–Crippen LogP) is 2.30. The second kappa shape index (κ2) is 9.93. The topological polar surface area (TPSA) is 29.5 Å². The number of unbranched alkanes of at least 4 members (excludes halogenated alkanes) is 2. The van der Waals surface area contributed by atoms with Crippen molar-refractivity contribution in [3.63, 3.8) is 0 Å². The minimum Gasteiger partial charge on any atom is -0.393 e. The van der Waals surface area contributed by atoms with Gasteiger partial charge in [0.1, 0.15) is 6.17 Å². The molecule has 0 amide bonds. The van der Waals surface area contributed by atoms with Crippen LogP contribution in [0.5, 0.6) is 0 Å². The molecule has 0 aliphatic rings. The van der Waals surface area contributed by atoms with E-state index in [0.29, 0.717) is 6.42 Å². The van der Waals surface area contributed by atoms with E-state index >= 15 is 0 Å². The number of rotatable bonds is 9. The van der Waals surface area contributed by atoms with Crippen LogP contribution in [0.15, 0.2) is 0 Å². The molecule has 0 fully saturated rings. The Morgan fingerprint density at radius 1 is 1.23 bits per heavy atom. The summed E-state index contributed by atoms with van der Waals surface area (Å²) in [5.41, 5.74) is 0. The molecular formula is C10H21FO2. The van der Waals surface area contributed by atoms with Crippen LogP contribution in [0.2, 0.25) is 0 Å². The molecule has 1 N–H and O–H groups in total. The molecule has 0 aromatic heterocycles. The summed E-state index contributed by atoms with van der Waals surface area (Å²) in [5, 5.41) is 8.40. The summed E-state index contributed by atoms with van der Waals surface area (Å²) in [4.78, 5) is 0. The van der Waals surface area contributed by atoms with Gasteiger partial charge in [-0.05, 0) is 25.7 Å². The summed E-state index contributed by atoms with van der Waals surface area (Å²) in [5.74, 6) is 0. The fourth-order valence-electron chi connectivity index (χ4n) is 1.01. The number of halogens is 1. The predicted molar refractivity (Wildman–Crippen MR) is 51.6 cm³/mol. The van der Waals surface area contributed by atoms with Crippen molar-refractivity contribution < 1.29 is 14.2 Å². The summed E-state index contributed by atoms with van der Waals surface area (Å²) in [6, 6.07) is 0. The third kappa shape index (κ3) is 9.77. The summed E-state index contributed by atoms with van der Waals surface area (Å²) in [6.45, 7) is 3.31. The van der Waals surface area contributed by atoms with Crippen LogP contribution in [0.1, 0.15) is 39.0 Å². The molecule has 1 unspecified atom stereocenters. The minimum atomic E-state index is -1.05. The molecule has 80 valence electrons. The molecule has 0 spiro atoms. The highest BCUT2D eigenvalue weighted by molar-refractivity contribution is 4.53. The first-order valence-electron chi connectivity index (χ1n) is 5.14. The van der Waals surface area contributed by atoms with E-state index in [1.54, 1.807) is 0 Å². The molecule has 0 aliphatic carbocycles. The van der Waals surface area contributed by atoms with Gasteiger partial charge < -0.3 is 9.84 Å². The SMILES string of the molecule is CCCCOCCCCC(F)CO. The molecule has 1 atom stereocenters. The molecule has 0 aromatic rings. The lowest BCUT2D eigenvalue weighted by atomic mass is 10.2. The van der Waals surface area contributed by atoms with Crippen LogP contribution in [0, 0.1) is 0 Å². The summed E-state index contributed by atoms with van der Waals surface area (Å²) in [7, 11) is 0. The Hall–Kier alpha value is -0.150. The Morgan fingerprint density at radius 2 is 1.92 bits per heavy atom. The zero-order chi connectivity index (χ0) is 9.94. The number of hydrogen-bond donors (Lipinski definition) is 1. The highest BCUT2D eigenvalue weighted by Gasteiger charge is 2.02. The van der Waals surface area contributed by atoms with E-state index in [0.717, 1.165) is 38.9 Å². The van der Waals surface area contributed by atoms with Crippen molar-refractivity contribution in [2.24, 2.45) is 0 Å². The normalized spacial score (nSPS) is 13.2. The van der Waals surface area contributed by atoms with Gasteiger partial charge in [0.15, 0.2) is 0 Å². The van der Waals surface area contributed by atoms with E-state index in [4.69, 9.17) is 9.84 Å². The van der Waals surface area contributed by atoms with E-state index in [-0.39, 0.29) is 6.61 Å². The minimum absolute atomic E-state index is 0.351. The van der Waals surface area contributed by atoms with Crippen molar-refractivity contribution in [3.8, 4) is 0 Å². The number of aliphatic hydroxyl groups excluding tert-OH is 1. The van der Waals surface area contributed by atoms with Crippen LogP contribution in [0.4, 0.5) is 4.39 Å². The largest absolute Gasteiger partial charge is 0.393 e. The smallest absolute Gasteiger partial charge is 0.123 e. The molecular weight excluding hydrogens is 171 g/mol.